The van der Waals surface area contributed by atoms with Crippen molar-refractivity contribution in [1.82, 2.24) is 0 Å². The van der Waals surface area contributed by atoms with Crippen LogP contribution < -0.4 is 4.74 Å². The Morgan fingerprint density at radius 3 is 2.52 bits per heavy atom. The molecule has 1 N–H and O–H groups in total. The summed E-state index contributed by atoms with van der Waals surface area (Å²) in [5, 5.41) is 9.16. The highest BCUT2D eigenvalue weighted by molar-refractivity contribution is 5.42. The summed E-state index contributed by atoms with van der Waals surface area (Å²) in [7, 11) is 0. The molecule has 0 aliphatic heterocycles. The molecule has 146 valence electrons. The zero-order valence-electron chi connectivity index (χ0n) is 15.1. The molecule has 2 aromatic carbocycles. The standard InChI is InChI=1S/C21H23F3O3/c1-2-26-19(12-13-25)14-6-8-15(9-7-14)27-20-11-10-16-17(20)4-3-5-18(16)21(22,23)24/h3-9,19-20,25H,2,10-13H2,1H3/t19-,20+/m0/s1. The van der Waals surface area contributed by atoms with Crippen LogP contribution in [0.25, 0.3) is 0 Å². The molecule has 0 saturated heterocycles. The number of aliphatic hydroxyl groups excluding tert-OH is 1. The lowest BCUT2D eigenvalue weighted by atomic mass is 10.0. The van der Waals surface area contributed by atoms with E-state index in [0.29, 0.717) is 42.7 Å². The smallest absolute Gasteiger partial charge is 0.416 e. The second kappa shape index (κ2) is 8.31. The van der Waals surface area contributed by atoms with E-state index in [0.717, 1.165) is 11.6 Å². The molecular weight excluding hydrogens is 357 g/mol. The molecule has 0 unspecified atom stereocenters. The lowest BCUT2D eigenvalue weighted by molar-refractivity contribution is -0.138. The van der Waals surface area contributed by atoms with E-state index in [1.165, 1.54) is 6.07 Å². The van der Waals surface area contributed by atoms with Gasteiger partial charge in [0.15, 0.2) is 0 Å². The largest absolute Gasteiger partial charge is 0.486 e. The Bertz CT molecular complexity index is 750. The van der Waals surface area contributed by atoms with Crippen molar-refractivity contribution in [3.8, 4) is 5.75 Å². The Morgan fingerprint density at radius 2 is 1.89 bits per heavy atom. The molecule has 0 spiro atoms. The summed E-state index contributed by atoms with van der Waals surface area (Å²) in [5.74, 6) is 0.605. The maximum absolute atomic E-state index is 13.2. The van der Waals surface area contributed by atoms with Gasteiger partial charge in [0.05, 0.1) is 11.7 Å². The highest BCUT2D eigenvalue weighted by Gasteiger charge is 2.37. The van der Waals surface area contributed by atoms with Gasteiger partial charge in [0, 0.05) is 19.6 Å². The van der Waals surface area contributed by atoms with Crippen LogP contribution in [0.3, 0.4) is 0 Å². The zero-order valence-corrected chi connectivity index (χ0v) is 15.1. The monoisotopic (exact) mass is 380 g/mol. The fourth-order valence-corrected chi connectivity index (χ4v) is 3.59. The van der Waals surface area contributed by atoms with Crippen molar-refractivity contribution in [2.75, 3.05) is 13.2 Å². The molecule has 0 fully saturated rings. The minimum Gasteiger partial charge on any atom is -0.486 e. The summed E-state index contributed by atoms with van der Waals surface area (Å²) in [5.41, 5.74) is 1.32. The van der Waals surface area contributed by atoms with Crippen LogP contribution in [-0.2, 0) is 17.3 Å². The van der Waals surface area contributed by atoms with Gasteiger partial charge in [-0.25, -0.2) is 0 Å². The average Bonchev–Trinajstić information content (AvgIpc) is 3.04. The van der Waals surface area contributed by atoms with Gasteiger partial charge in [0.1, 0.15) is 11.9 Å². The Morgan fingerprint density at radius 1 is 1.15 bits per heavy atom. The number of rotatable bonds is 7. The molecule has 2 aromatic rings. The third kappa shape index (κ3) is 4.45. The molecule has 1 aliphatic rings. The second-order valence-corrected chi connectivity index (χ2v) is 6.54. The molecule has 6 heteroatoms. The molecule has 2 atom stereocenters. The number of benzene rings is 2. The van der Waals surface area contributed by atoms with E-state index in [-0.39, 0.29) is 18.8 Å². The molecular formula is C21H23F3O3. The Hall–Kier alpha value is -2.05. The Kier molecular flexibility index (Phi) is 6.07. The fourth-order valence-electron chi connectivity index (χ4n) is 3.59. The van der Waals surface area contributed by atoms with Crippen LogP contribution in [0.2, 0.25) is 0 Å². The van der Waals surface area contributed by atoms with Gasteiger partial charge in [-0.2, -0.15) is 13.2 Å². The summed E-state index contributed by atoms with van der Waals surface area (Å²) >= 11 is 0. The SMILES string of the molecule is CCO[C@@H](CCO)c1ccc(O[C@@H]2CCc3c2cccc3C(F)(F)F)cc1. The number of hydrogen-bond donors (Lipinski definition) is 1. The van der Waals surface area contributed by atoms with Crippen molar-refractivity contribution < 1.29 is 27.8 Å². The molecule has 0 aromatic heterocycles. The fraction of sp³-hybridized carbons (Fsp3) is 0.429. The van der Waals surface area contributed by atoms with E-state index < -0.39 is 11.7 Å². The summed E-state index contributed by atoms with van der Waals surface area (Å²) in [6, 6.07) is 11.6. The minimum atomic E-state index is -4.34. The summed E-state index contributed by atoms with van der Waals surface area (Å²) in [6.45, 7) is 2.47. The van der Waals surface area contributed by atoms with Gasteiger partial charge in [0.25, 0.3) is 0 Å². The molecule has 3 nitrogen and oxygen atoms in total. The molecule has 0 saturated carbocycles. The third-order valence-corrected chi connectivity index (χ3v) is 4.81. The lowest BCUT2D eigenvalue weighted by Gasteiger charge is -2.19. The molecule has 0 heterocycles. The lowest BCUT2D eigenvalue weighted by Crippen LogP contribution is -2.10. The van der Waals surface area contributed by atoms with E-state index in [2.05, 4.69) is 0 Å². The summed E-state index contributed by atoms with van der Waals surface area (Å²) in [4.78, 5) is 0. The van der Waals surface area contributed by atoms with Crippen molar-refractivity contribution >= 4 is 0 Å². The number of hydrogen-bond acceptors (Lipinski definition) is 3. The van der Waals surface area contributed by atoms with Crippen LogP contribution in [0.15, 0.2) is 42.5 Å². The molecule has 0 radical (unpaired) electrons. The van der Waals surface area contributed by atoms with Gasteiger partial charge in [-0.15, -0.1) is 0 Å². The van der Waals surface area contributed by atoms with Crippen molar-refractivity contribution in [3.05, 3.63) is 64.7 Å². The molecule has 1 aliphatic carbocycles. The summed E-state index contributed by atoms with van der Waals surface area (Å²) in [6.07, 6.45) is -3.52. The number of fused-ring (bicyclic) bond motifs is 1. The topological polar surface area (TPSA) is 38.7 Å². The van der Waals surface area contributed by atoms with Crippen molar-refractivity contribution in [2.45, 2.75) is 44.6 Å². The maximum atomic E-state index is 13.2. The first-order valence-electron chi connectivity index (χ1n) is 9.12. The Balaban J connectivity index is 1.75. The van der Waals surface area contributed by atoms with Gasteiger partial charge in [0.2, 0.25) is 0 Å². The van der Waals surface area contributed by atoms with Gasteiger partial charge in [-0.1, -0.05) is 24.3 Å². The van der Waals surface area contributed by atoms with Crippen LogP contribution in [0.5, 0.6) is 5.75 Å². The normalized spacial score (nSPS) is 17.6. The second-order valence-electron chi connectivity index (χ2n) is 6.54. The number of aliphatic hydroxyl groups is 1. The van der Waals surface area contributed by atoms with Crippen LogP contribution in [0.4, 0.5) is 13.2 Å². The van der Waals surface area contributed by atoms with E-state index in [1.807, 2.05) is 19.1 Å². The minimum absolute atomic E-state index is 0.0311. The predicted octanol–water partition coefficient (Wildman–Crippen LogP) is 5.23. The highest BCUT2D eigenvalue weighted by atomic mass is 19.4. The predicted molar refractivity (Wildman–Crippen MR) is 95.6 cm³/mol. The van der Waals surface area contributed by atoms with Crippen LogP contribution in [0, 0.1) is 0 Å². The van der Waals surface area contributed by atoms with Gasteiger partial charge in [-0.05, 0) is 54.7 Å². The van der Waals surface area contributed by atoms with Crippen LogP contribution in [0.1, 0.15) is 54.2 Å². The van der Waals surface area contributed by atoms with Gasteiger partial charge < -0.3 is 14.6 Å². The zero-order chi connectivity index (χ0) is 19.4. The van der Waals surface area contributed by atoms with E-state index in [9.17, 15) is 13.2 Å². The van der Waals surface area contributed by atoms with E-state index >= 15 is 0 Å². The first-order chi connectivity index (χ1) is 12.9. The molecule has 3 rings (SSSR count). The van der Waals surface area contributed by atoms with Gasteiger partial charge >= 0.3 is 6.18 Å². The van der Waals surface area contributed by atoms with E-state index in [4.69, 9.17) is 14.6 Å². The van der Waals surface area contributed by atoms with Crippen molar-refractivity contribution in [2.24, 2.45) is 0 Å². The number of ether oxygens (including phenoxy) is 2. The molecule has 0 amide bonds. The van der Waals surface area contributed by atoms with Crippen molar-refractivity contribution in [1.29, 1.82) is 0 Å². The quantitative estimate of drug-likeness (QED) is 0.715. The average molecular weight is 380 g/mol. The van der Waals surface area contributed by atoms with E-state index in [1.54, 1.807) is 18.2 Å². The summed E-state index contributed by atoms with van der Waals surface area (Å²) < 4.78 is 51.1. The Labute approximate surface area is 156 Å². The third-order valence-electron chi connectivity index (χ3n) is 4.81. The van der Waals surface area contributed by atoms with Crippen LogP contribution in [-0.4, -0.2) is 18.3 Å². The molecule has 27 heavy (non-hydrogen) atoms. The van der Waals surface area contributed by atoms with Crippen molar-refractivity contribution in [3.63, 3.8) is 0 Å². The molecule has 0 bridgehead atoms. The van der Waals surface area contributed by atoms with Crippen LogP contribution >= 0.6 is 0 Å². The highest BCUT2D eigenvalue weighted by Crippen LogP contribution is 2.42. The maximum Gasteiger partial charge on any atom is 0.416 e. The first kappa shape index (κ1) is 19.7. The number of alkyl halides is 3. The van der Waals surface area contributed by atoms with Gasteiger partial charge in [-0.3, -0.25) is 0 Å². The first-order valence-corrected chi connectivity index (χ1v) is 9.12. The number of halogens is 3.